The highest BCUT2D eigenvalue weighted by atomic mass is 35.5. The van der Waals surface area contributed by atoms with Crippen molar-refractivity contribution in [3.8, 4) is 0 Å². The molecule has 0 aliphatic heterocycles. The van der Waals surface area contributed by atoms with E-state index in [2.05, 4.69) is 9.97 Å². The third kappa shape index (κ3) is 2.79. The summed E-state index contributed by atoms with van der Waals surface area (Å²) >= 11 is 5.90. The number of aliphatic hydroxyl groups excluding tert-OH is 3. The van der Waals surface area contributed by atoms with Crippen molar-refractivity contribution >= 4 is 22.6 Å². The van der Waals surface area contributed by atoms with Crippen molar-refractivity contribution < 1.29 is 15.3 Å². The topological polar surface area (TPSA) is 91.4 Å². The van der Waals surface area contributed by atoms with Crippen LogP contribution in [0.4, 0.5) is 0 Å². The van der Waals surface area contributed by atoms with Gasteiger partial charge in [-0.25, -0.2) is 9.97 Å². The molecule has 26 heavy (non-hydrogen) atoms. The molecule has 4 rings (SSSR count). The van der Waals surface area contributed by atoms with E-state index in [1.807, 2.05) is 23.8 Å². The van der Waals surface area contributed by atoms with Crippen LogP contribution in [0.2, 0.25) is 5.02 Å². The van der Waals surface area contributed by atoms with Crippen LogP contribution in [-0.4, -0.2) is 42.1 Å². The van der Waals surface area contributed by atoms with E-state index >= 15 is 0 Å². The average Bonchev–Trinajstić information content (AvgIpc) is 3.18. The minimum Gasteiger partial charge on any atom is -0.390 e. The second-order valence-corrected chi connectivity index (χ2v) is 7.30. The van der Waals surface area contributed by atoms with Gasteiger partial charge in [-0.2, -0.15) is 0 Å². The van der Waals surface area contributed by atoms with Crippen LogP contribution in [-0.2, 0) is 0 Å². The maximum absolute atomic E-state index is 10.7. The van der Waals surface area contributed by atoms with Crippen molar-refractivity contribution in [1.82, 2.24) is 14.5 Å². The minimum atomic E-state index is -1.04. The van der Waals surface area contributed by atoms with E-state index in [0.29, 0.717) is 17.0 Å². The Morgan fingerprint density at radius 3 is 2.58 bits per heavy atom. The highest BCUT2D eigenvalue weighted by molar-refractivity contribution is 6.30. The molecule has 3 aromatic rings. The lowest BCUT2D eigenvalue weighted by molar-refractivity contribution is -0.0264. The molecule has 2 unspecified atom stereocenters. The predicted octanol–water partition coefficient (Wildman–Crippen LogP) is 2.41. The van der Waals surface area contributed by atoms with Crippen LogP contribution in [0.15, 0.2) is 42.9 Å². The van der Waals surface area contributed by atoms with Crippen molar-refractivity contribution in [2.45, 2.75) is 37.7 Å². The molecule has 136 valence electrons. The monoisotopic (exact) mass is 373 g/mol. The van der Waals surface area contributed by atoms with E-state index < -0.39 is 24.2 Å². The van der Waals surface area contributed by atoms with E-state index in [1.165, 1.54) is 6.33 Å². The van der Waals surface area contributed by atoms with Crippen LogP contribution in [0, 0.1) is 12.8 Å². The largest absolute Gasteiger partial charge is 0.390 e. The lowest BCUT2D eigenvalue weighted by atomic mass is 9.92. The Labute approximate surface area is 155 Å². The summed E-state index contributed by atoms with van der Waals surface area (Å²) in [4.78, 5) is 8.51. The Balaban J connectivity index is 1.65. The second-order valence-electron chi connectivity index (χ2n) is 6.86. The molecule has 1 fully saturated rings. The summed E-state index contributed by atoms with van der Waals surface area (Å²) in [5.74, 6) is -0.489. The van der Waals surface area contributed by atoms with Gasteiger partial charge in [0.15, 0.2) is 0 Å². The number of fused-ring (bicyclic) bond motifs is 1. The zero-order chi connectivity index (χ0) is 18.4. The molecular formula is C19H20ClN3O3. The Morgan fingerprint density at radius 2 is 1.85 bits per heavy atom. The molecule has 0 bridgehead atoms. The maximum Gasteiger partial charge on any atom is 0.143 e. The van der Waals surface area contributed by atoms with Gasteiger partial charge in [0, 0.05) is 22.5 Å². The Morgan fingerprint density at radius 1 is 1.12 bits per heavy atom. The number of nitrogens with zero attached hydrogens (tertiary/aromatic N) is 3. The fourth-order valence-electron chi connectivity index (χ4n) is 3.90. The highest BCUT2D eigenvalue weighted by Gasteiger charge is 2.46. The van der Waals surface area contributed by atoms with Crippen molar-refractivity contribution in [1.29, 1.82) is 0 Å². The molecule has 0 spiro atoms. The summed E-state index contributed by atoms with van der Waals surface area (Å²) in [5, 5.41) is 33.4. The molecule has 5 atom stereocenters. The van der Waals surface area contributed by atoms with Gasteiger partial charge >= 0.3 is 0 Å². The number of aromatic nitrogens is 3. The fraction of sp³-hybridized carbons (Fsp3) is 0.368. The number of rotatable bonds is 3. The lowest BCUT2D eigenvalue weighted by Gasteiger charge is -2.22. The van der Waals surface area contributed by atoms with Crippen LogP contribution in [0.1, 0.15) is 29.8 Å². The summed E-state index contributed by atoms with van der Waals surface area (Å²) in [7, 11) is 0. The fourth-order valence-corrected chi connectivity index (χ4v) is 4.03. The molecule has 1 saturated carbocycles. The molecule has 1 aliphatic carbocycles. The SMILES string of the molecule is Cc1ncnc2c1ccn2C1CC([C@@H](O)c2ccc(Cl)cc2)[C@@H](O)[C@H]1O. The van der Waals surface area contributed by atoms with Crippen LogP contribution >= 0.6 is 11.6 Å². The van der Waals surface area contributed by atoms with Crippen molar-refractivity contribution in [2.75, 3.05) is 0 Å². The standard InChI is InChI=1S/C19H20ClN3O3/c1-10-13-6-7-23(19(13)22-9-21-10)15-8-14(17(25)18(15)26)16(24)11-2-4-12(20)5-3-11/h2-7,9,14-18,24-26H,8H2,1H3/t14?,15?,16-,17+,18-/m0/s1. The van der Waals surface area contributed by atoms with E-state index in [4.69, 9.17) is 11.6 Å². The van der Waals surface area contributed by atoms with Gasteiger partial charge in [0.2, 0.25) is 0 Å². The summed E-state index contributed by atoms with van der Waals surface area (Å²) in [6, 6.07) is 8.42. The molecule has 2 aromatic heterocycles. The number of aliphatic hydroxyl groups is 3. The molecular weight excluding hydrogens is 354 g/mol. The summed E-state index contributed by atoms with van der Waals surface area (Å²) in [5.41, 5.74) is 2.25. The first-order chi connectivity index (χ1) is 12.5. The smallest absolute Gasteiger partial charge is 0.143 e. The van der Waals surface area contributed by atoms with Gasteiger partial charge in [-0.05, 0) is 37.1 Å². The van der Waals surface area contributed by atoms with Gasteiger partial charge in [0.25, 0.3) is 0 Å². The average molecular weight is 374 g/mol. The van der Waals surface area contributed by atoms with Gasteiger partial charge in [-0.1, -0.05) is 23.7 Å². The third-order valence-electron chi connectivity index (χ3n) is 5.38. The Hall–Kier alpha value is -1.99. The van der Waals surface area contributed by atoms with E-state index in [9.17, 15) is 15.3 Å². The van der Waals surface area contributed by atoms with Gasteiger partial charge < -0.3 is 19.9 Å². The zero-order valence-electron chi connectivity index (χ0n) is 14.2. The first-order valence-corrected chi connectivity index (χ1v) is 8.93. The number of halogens is 1. The van der Waals surface area contributed by atoms with Gasteiger partial charge in [-0.3, -0.25) is 0 Å². The van der Waals surface area contributed by atoms with Gasteiger partial charge in [0.05, 0.1) is 23.9 Å². The molecule has 3 N–H and O–H groups in total. The van der Waals surface area contributed by atoms with Crippen LogP contribution in [0.5, 0.6) is 0 Å². The number of aryl methyl sites for hydroxylation is 1. The molecule has 0 saturated heterocycles. The molecule has 1 aliphatic rings. The molecule has 1 aromatic carbocycles. The van der Waals surface area contributed by atoms with Crippen molar-refractivity contribution in [3.63, 3.8) is 0 Å². The summed E-state index contributed by atoms with van der Waals surface area (Å²) < 4.78 is 1.87. The molecule has 0 radical (unpaired) electrons. The number of hydrogen-bond donors (Lipinski definition) is 3. The van der Waals surface area contributed by atoms with Crippen LogP contribution in [0.25, 0.3) is 11.0 Å². The lowest BCUT2D eigenvalue weighted by Crippen LogP contribution is -2.31. The molecule has 7 heteroatoms. The Kier molecular flexibility index (Phi) is 4.44. The minimum absolute atomic E-state index is 0.372. The Bertz CT molecular complexity index is 927. The van der Waals surface area contributed by atoms with Crippen LogP contribution in [0.3, 0.4) is 0 Å². The first kappa shape index (κ1) is 17.4. The van der Waals surface area contributed by atoms with E-state index in [-0.39, 0.29) is 6.04 Å². The first-order valence-electron chi connectivity index (χ1n) is 8.55. The summed E-state index contributed by atoms with van der Waals surface area (Å²) in [6.45, 7) is 1.90. The maximum atomic E-state index is 10.7. The molecule has 0 amide bonds. The third-order valence-corrected chi connectivity index (χ3v) is 5.63. The number of benzene rings is 1. The second kappa shape index (κ2) is 6.63. The number of hydrogen-bond acceptors (Lipinski definition) is 5. The van der Waals surface area contributed by atoms with Crippen molar-refractivity contribution in [3.05, 3.63) is 59.1 Å². The predicted molar refractivity (Wildman–Crippen MR) is 97.8 cm³/mol. The van der Waals surface area contributed by atoms with Gasteiger partial charge in [0.1, 0.15) is 18.1 Å². The van der Waals surface area contributed by atoms with E-state index in [0.717, 1.165) is 16.7 Å². The van der Waals surface area contributed by atoms with Gasteiger partial charge in [-0.15, -0.1) is 0 Å². The van der Waals surface area contributed by atoms with Crippen molar-refractivity contribution in [2.24, 2.45) is 5.92 Å². The normalized spacial score (nSPS) is 27.1. The highest BCUT2D eigenvalue weighted by Crippen LogP contribution is 2.43. The molecule has 2 heterocycles. The molecule has 6 nitrogen and oxygen atoms in total. The van der Waals surface area contributed by atoms with Crippen LogP contribution < -0.4 is 0 Å². The van der Waals surface area contributed by atoms with E-state index in [1.54, 1.807) is 24.3 Å². The zero-order valence-corrected chi connectivity index (χ0v) is 15.0. The summed E-state index contributed by atoms with van der Waals surface area (Å²) in [6.07, 6.45) is 0.855. The quantitative estimate of drug-likeness (QED) is 0.655.